The summed E-state index contributed by atoms with van der Waals surface area (Å²) in [4.78, 5) is 22.7. The number of amides is 1. The van der Waals surface area contributed by atoms with Gasteiger partial charge in [0.15, 0.2) is 29.9 Å². The largest absolute Gasteiger partial charge is 0.482 e. The molecule has 31 heavy (non-hydrogen) atoms. The van der Waals surface area contributed by atoms with E-state index in [1.54, 1.807) is 18.2 Å². The Kier molecular flexibility index (Phi) is 7.04. The van der Waals surface area contributed by atoms with Crippen molar-refractivity contribution in [3.05, 3.63) is 45.9 Å². The predicted octanol–water partition coefficient (Wildman–Crippen LogP) is 4.02. The SMILES string of the molecule is Nc1ccc2c(c1)NC(=O)CO2.O=CC1CCN(c2c(F)c(F)c(Br)c(F)c2F)CC1. The van der Waals surface area contributed by atoms with E-state index >= 15 is 0 Å². The first kappa shape index (κ1) is 22.9. The van der Waals surface area contributed by atoms with E-state index in [0.29, 0.717) is 30.0 Å². The van der Waals surface area contributed by atoms with E-state index in [4.69, 9.17) is 10.5 Å². The third-order valence-electron chi connectivity index (χ3n) is 4.87. The number of nitrogens with two attached hydrogens (primary N) is 1. The van der Waals surface area contributed by atoms with Crippen molar-refractivity contribution in [3.63, 3.8) is 0 Å². The average molecular weight is 504 g/mol. The number of rotatable bonds is 2. The van der Waals surface area contributed by atoms with Crippen LogP contribution in [0.15, 0.2) is 22.7 Å². The molecule has 2 aliphatic heterocycles. The first-order chi connectivity index (χ1) is 14.7. The molecular formula is C20H18BrF4N3O3. The van der Waals surface area contributed by atoms with Crippen molar-refractivity contribution >= 4 is 45.2 Å². The summed E-state index contributed by atoms with van der Waals surface area (Å²) in [5.74, 6) is -5.40. The standard InChI is InChI=1S/C12H10BrF4NO.C8H8N2O2/c13-7-8(14)10(16)12(11(17)9(7)15)18-3-1-6(5-19)2-4-18;9-5-1-2-7-6(3-5)10-8(11)4-12-7/h5-6H,1-4H2;1-3H,4,9H2,(H,10,11). The predicted molar refractivity (Wildman–Crippen MR) is 110 cm³/mol. The van der Waals surface area contributed by atoms with Crippen molar-refractivity contribution in [2.24, 2.45) is 5.92 Å². The summed E-state index contributed by atoms with van der Waals surface area (Å²) in [7, 11) is 0. The maximum atomic E-state index is 13.7. The minimum Gasteiger partial charge on any atom is -0.482 e. The molecular weight excluding hydrogens is 486 g/mol. The number of fused-ring (bicyclic) bond motifs is 1. The number of nitrogen functional groups attached to an aromatic ring is 1. The van der Waals surface area contributed by atoms with E-state index in [2.05, 4.69) is 21.2 Å². The average Bonchev–Trinajstić information content (AvgIpc) is 2.77. The summed E-state index contributed by atoms with van der Waals surface area (Å²) < 4.78 is 58.6. The van der Waals surface area contributed by atoms with Crippen LogP contribution in [0.25, 0.3) is 0 Å². The lowest BCUT2D eigenvalue weighted by atomic mass is 9.98. The van der Waals surface area contributed by atoms with Crippen molar-refractivity contribution in [3.8, 4) is 5.75 Å². The number of hydrogen-bond acceptors (Lipinski definition) is 5. The van der Waals surface area contributed by atoms with Gasteiger partial charge in [-0.15, -0.1) is 0 Å². The quantitative estimate of drug-likeness (QED) is 0.212. The van der Waals surface area contributed by atoms with Crippen LogP contribution in [-0.4, -0.2) is 31.9 Å². The Morgan fingerprint density at radius 1 is 1.10 bits per heavy atom. The molecule has 1 saturated heterocycles. The van der Waals surface area contributed by atoms with Gasteiger partial charge in [-0.3, -0.25) is 4.79 Å². The van der Waals surface area contributed by atoms with E-state index in [-0.39, 0.29) is 31.5 Å². The summed E-state index contributed by atoms with van der Waals surface area (Å²) in [6.07, 6.45) is 1.59. The van der Waals surface area contributed by atoms with Gasteiger partial charge in [0.1, 0.15) is 17.7 Å². The number of benzene rings is 2. The molecule has 3 N–H and O–H groups in total. The van der Waals surface area contributed by atoms with E-state index in [0.717, 1.165) is 6.29 Å². The lowest BCUT2D eigenvalue weighted by molar-refractivity contribution is -0.118. The highest BCUT2D eigenvalue weighted by molar-refractivity contribution is 9.10. The maximum Gasteiger partial charge on any atom is 0.262 e. The molecule has 0 radical (unpaired) electrons. The van der Waals surface area contributed by atoms with Gasteiger partial charge >= 0.3 is 0 Å². The molecule has 1 fully saturated rings. The molecule has 0 aromatic heterocycles. The van der Waals surface area contributed by atoms with Crippen LogP contribution in [0.2, 0.25) is 0 Å². The van der Waals surface area contributed by atoms with E-state index in [1.807, 2.05) is 0 Å². The summed E-state index contributed by atoms with van der Waals surface area (Å²) >= 11 is 2.46. The molecule has 0 unspecified atom stereocenters. The zero-order chi connectivity index (χ0) is 22.7. The van der Waals surface area contributed by atoms with E-state index in [1.165, 1.54) is 4.90 Å². The van der Waals surface area contributed by atoms with Gasteiger partial charge in [-0.2, -0.15) is 0 Å². The minimum atomic E-state index is -1.45. The normalized spacial score (nSPS) is 15.9. The monoisotopic (exact) mass is 503 g/mol. The Labute approximate surface area is 183 Å². The number of piperidine rings is 1. The van der Waals surface area contributed by atoms with Crippen LogP contribution < -0.4 is 20.7 Å². The molecule has 2 heterocycles. The van der Waals surface area contributed by atoms with Crippen LogP contribution in [0.4, 0.5) is 34.6 Å². The smallest absolute Gasteiger partial charge is 0.262 e. The van der Waals surface area contributed by atoms with Gasteiger partial charge < -0.3 is 25.5 Å². The maximum absolute atomic E-state index is 13.7. The van der Waals surface area contributed by atoms with Crippen molar-refractivity contribution in [1.82, 2.24) is 0 Å². The Morgan fingerprint density at radius 2 is 1.71 bits per heavy atom. The zero-order valence-corrected chi connectivity index (χ0v) is 17.6. The molecule has 11 heteroatoms. The molecule has 1 amide bonds. The number of carbonyl (C=O) groups is 2. The number of nitrogens with zero attached hydrogens (tertiary/aromatic N) is 1. The minimum absolute atomic E-state index is 0.0803. The Bertz CT molecular complexity index is 985. The van der Waals surface area contributed by atoms with Crippen molar-refractivity contribution < 1.29 is 31.9 Å². The molecule has 0 bridgehead atoms. The Balaban J connectivity index is 0.000000194. The molecule has 2 aliphatic rings. The highest BCUT2D eigenvalue weighted by atomic mass is 79.9. The lowest BCUT2D eigenvalue weighted by Crippen LogP contribution is -2.35. The van der Waals surface area contributed by atoms with Crippen LogP contribution in [0, 0.1) is 29.2 Å². The first-order valence-corrected chi connectivity index (χ1v) is 10.1. The van der Waals surface area contributed by atoms with Crippen LogP contribution >= 0.6 is 15.9 Å². The summed E-state index contributed by atoms with van der Waals surface area (Å²) in [6, 6.07) is 5.15. The highest BCUT2D eigenvalue weighted by Gasteiger charge is 2.30. The summed E-state index contributed by atoms with van der Waals surface area (Å²) in [5, 5.41) is 2.66. The van der Waals surface area contributed by atoms with Crippen LogP contribution in [-0.2, 0) is 9.59 Å². The zero-order valence-electron chi connectivity index (χ0n) is 16.1. The van der Waals surface area contributed by atoms with E-state index < -0.39 is 33.4 Å². The second-order valence-corrected chi connectivity index (χ2v) is 7.76. The first-order valence-electron chi connectivity index (χ1n) is 9.26. The molecule has 6 nitrogen and oxygen atoms in total. The third-order valence-corrected chi connectivity index (χ3v) is 5.57. The number of carbonyl (C=O) groups excluding carboxylic acids is 2. The summed E-state index contributed by atoms with van der Waals surface area (Å²) in [5.41, 5.74) is 6.07. The van der Waals surface area contributed by atoms with Gasteiger partial charge in [0, 0.05) is 24.7 Å². The van der Waals surface area contributed by atoms with Gasteiger partial charge in [-0.1, -0.05) is 0 Å². The fourth-order valence-corrected chi connectivity index (χ4v) is 3.58. The van der Waals surface area contributed by atoms with Crippen LogP contribution in [0.5, 0.6) is 5.75 Å². The van der Waals surface area contributed by atoms with Crippen LogP contribution in [0.3, 0.4) is 0 Å². The molecule has 0 saturated carbocycles. The number of ether oxygens (including phenoxy) is 1. The van der Waals surface area contributed by atoms with Gasteiger partial charge in [0.25, 0.3) is 5.91 Å². The number of halogens is 5. The molecule has 0 atom stereocenters. The van der Waals surface area contributed by atoms with Crippen molar-refractivity contribution in [2.75, 3.05) is 35.6 Å². The van der Waals surface area contributed by atoms with Crippen molar-refractivity contribution in [2.45, 2.75) is 12.8 Å². The fraction of sp³-hybridized carbons (Fsp3) is 0.300. The van der Waals surface area contributed by atoms with Crippen LogP contribution in [0.1, 0.15) is 12.8 Å². The topological polar surface area (TPSA) is 84.7 Å². The Morgan fingerprint density at radius 3 is 2.29 bits per heavy atom. The van der Waals surface area contributed by atoms with Crippen molar-refractivity contribution in [1.29, 1.82) is 0 Å². The lowest BCUT2D eigenvalue weighted by Gasteiger charge is -2.32. The molecule has 2 aromatic carbocycles. The molecule has 0 spiro atoms. The number of hydrogen-bond donors (Lipinski definition) is 2. The van der Waals surface area contributed by atoms with E-state index in [9.17, 15) is 27.2 Å². The van der Waals surface area contributed by atoms with Gasteiger partial charge in [-0.05, 0) is 47.0 Å². The molecule has 166 valence electrons. The number of aldehydes is 1. The van der Waals surface area contributed by atoms with Gasteiger partial charge in [0.2, 0.25) is 0 Å². The van der Waals surface area contributed by atoms with Gasteiger partial charge in [-0.25, -0.2) is 17.6 Å². The number of anilines is 3. The molecule has 0 aliphatic carbocycles. The number of nitrogens with one attached hydrogen (secondary N) is 1. The molecule has 2 aromatic rings. The second-order valence-electron chi connectivity index (χ2n) is 6.97. The van der Waals surface area contributed by atoms with Gasteiger partial charge in [0.05, 0.1) is 10.2 Å². The second kappa shape index (κ2) is 9.54. The Hall–Kier alpha value is -2.82. The third kappa shape index (κ3) is 4.92. The molecule has 4 rings (SSSR count). The summed E-state index contributed by atoms with van der Waals surface area (Å²) in [6.45, 7) is 0.437. The highest BCUT2D eigenvalue weighted by Crippen LogP contribution is 2.35. The fourth-order valence-electron chi connectivity index (χ4n) is 3.23.